The maximum atomic E-state index is 4.46. The second-order valence-corrected chi connectivity index (χ2v) is 4.34. The first-order valence-corrected chi connectivity index (χ1v) is 6.20. The molecule has 0 bridgehead atoms. The third-order valence-corrected chi connectivity index (χ3v) is 3.00. The Morgan fingerprint density at radius 3 is 2.63 bits per heavy atom. The van der Waals surface area contributed by atoms with Gasteiger partial charge >= 0.3 is 0 Å². The molecule has 19 heavy (non-hydrogen) atoms. The van der Waals surface area contributed by atoms with Crippen LogP contribution in [0.4, 0.5) is 11.1 Å². The minimum Gasteiger partial charge on any atom is -0.300 e. The normalized spacial score (nSPS) is 9.68. The van der Waals surface area contributed by atoms with E-state index in [-0.39, 0.29) is 17.0 Å². The Morgan fingerprint density at radius 1 is 1.05 bits per heavy atom. The van der Waals surface area contributed by atoms with Gasteiger partial charge in [0.05, 0.1) is 5.69 Å². The highest BCUT2D eigenvalue weighted by atomic mass is 79.9. The number of nitrogens with one attached hydrogen (secondary N) is 1. The third-order valence-electron chi connectivity index (χ3n) is 2.25. The molecule has 0 spiro atoms. The van der Waals surface area contributed by atoms with Crippen LogP contribution in [-0.4, -0.2) is 19.9 Å². The van der Waals surface area contributed by atoms with E-state index in [4.69, 9.17) is 0 Å². The standard InChI is InChI=1S/C12H9N5S.BrH/c1-3-9(7-13-4-1)10-8-18-12(16-10)17-11-14-5-2-6-15-11;/h1-8H,(H,14,15,16,17);1H. The summed E-state index contributed by atoms with van der Waals surface area (Å²) in [6.07, 6.45) is 6.90. The van der Waals surface area contributed by atoms with Crippen molar-refractivity contribution >= 4 is 39.4 Å². The largest absolute Gasteiger partial charge is 0.300 e. The van der Waals surface area contributed by atoms with Crippen molar-refractivity contribution in [1.82, 2.24) is 19.9 Å². The molecule has 0 aliphatic rings. The first-order chi connectivity index (χ1) is 8.92. The van der Waals surface area contributed by atoms with Gasteiger partial charge in [0.15, 0.2) is 5.13 Å². The van der Waals surface area contributed by atoms with E-state index in [0.717, 1.165) is 16.4 Å². The molecule has 0 saturated heterocycles. The fourth-order valence-electron chi connectivity index (χ4n) is 1.44. The van der Waals surface area contributed by atoms with Gasteiger partial charge < -0.3 is 5.32 Å². The van der Waals surface area contributed by atoms with E-state index in [1.807, 2.05) is 17.5 Å². The summed E-state index contributed by atoms with van der Waals surface area (Å²) >= 11 is 1.51. The number of hydrogen-bond acceptors (Lipinski definition) is 6. The Labute approximate surface area is 124 Å². The van der Waals surface area contributed by atoms with Crippen LogP contribution in [0.5, 0.6) is 0 Å². The lowest BCUT2D eigenvalue weighted by molar-refractivity contribution is 1.16. The number of nitrogens with zero attached hydrogens (tertiary/aromatic N) is 4. The number of thiazole rings is 1. The topological polar surface area (TPSA) is 63.6 Å². The molecule has 5 nitrogen and oxygen atoms in total. The predicted molar refractivity (Wildman–Crippen MR) is 81.0 cm³/mol. The number of anilines is 2. The molecule has 0 saturated carbocycles. The van der Waals surface area contributed by atoms with Crippen LogP contribution in [0.2, 0.25) is 0 Å². The lowest BCUT2D eigenvalue weighted by Gasteiger charge is -1.98. The van der Waals surface area contributed by atoms with Gasteiger partial charge in [-0.05, 0) is 18.2 Å². The number of aromatic nitrogens is 4. The van der Waals surface area contributed by atoms with Crippen molar-refractivity contribution in [3.05, 3.63) is 48.4 Å². The highest BCUT2D eigenvalue weighted by molar-refractivity contribution is 8.93. The van der Waals surface area contributed by atoms with Crippen molar-refractivity contribution in [3.8, 4) is 11.3 Å². The van der Waals surface area contributed by atoms with Crippen LogP contribution >= 0.6 is 28.3 Å². The molecule has 3 heterocycles. The van der Waals surface area contributed by atoms with Gasteiger partial charge in [-0.2, -0.15) is 0 Å². The minimum absolute atomic E-state index is 0. The fourth-order valence-corrected chi connectivity index (χ4v) is 2.15. The summed E-state index contributed by atoms with van der Waals surface area (Å²) in [5.41, 5.74) is 1.89. The summed E-state index contributed by atoms with van der Waals surface area (Å²) in [7, 11) is 0. The maximum absolute atomic E-state index is 4.46. The van der Waals surface area contributed by atoms with E-state index in [2.05, 4.69) is 25.3 Å². The summed E-state index contributed by atoms with van der Waals surface area (Å²) in [6.45, 7) is 0. The number of pyridine rings is 1. The minimum atomic E-state index is 0. The SMILES string of the molecule is Br.c1cnc(Nc2nc(-c3cccnc3)cs2)nc1. The number of rotatable bonds is 3. The number of halogens is 1. The maximum Gasteiger partial charge on any atom is 0.228 e. The molecule has 0 aliphatic carbocycles. The van der Waals surface area contributed by atoms with E-state index in [0.29, 0.717) is 5.95 Å². The average molecular weight is 336 g/mol. The molecule has 7 heteroatoms. The van der Waals surface area contributed by atoms with Gasteiger partial charge in [-0.3, -0.25) is 4.98 Å². The van der Waals surface area contributed by atoms with Crippen LogP contribution in [0.3, 0.4) is 0 Å². The Balaban J connectivity index is 0.00000133. The van der Waals surface area contributed by atoms with Crippen molar-refractivity contribution in [2.24, 2.45) is 0 Å². The molecule has 3 aromatic heterocycles. The molecule has 0 aromatic carbocycles. The molecule has 0 unspecified atom stereocenters. The van der Waals surface area contributed by atoms with Gasteiger partial charge in [-0.1, -0.05) is 0 Å². The molecular weight excluding hydrogens is 326 g/mol. The highest BCUT2D eigenvalue weighted by Crippen LogP contribution is 2.25. The smallest absolute Gasteiger partial charge is 0.228 e. The van der Waals surface area contributed by atoms with Gasteiger partial charge in [-0.15, -0.1) is 28.3 Å². The number of hydrogen-bond donors (Lipinski definition) is 1. The zero-order valence-corrected chi connectivity index (χ0v) is 12.3. The van der Waals surface area contributed by atoms with Gasteiger partial charge in [0.2, 0.25) is 5.95 Å². The Bertz CT molecular complexity index is 629. The second-order valence-electron chi connectivity index (χ2n) is 3.48. The molecule has 96 valence electrons. The molecule has 0 aliphatic heterocycles. The van der Waals surface area contributed by atoms with Crippen molar-refractivity contribution in [3.63, 3.8) is 0 Å². The van der Waals surface area contributed by atoms with E-state index < -0.39 is 0 Å². The third kappa shape index (κ3) is 3.33. The first kappa shape index (κ1) is 13.6. The van der Waals surface area contributed by atoms with E-state index in [9.17, 15) is 0 Å². The molecular formula is C12H10BrN5S. The van der Waals surface area contributed by atoms with Crippen molar-refractivity contribution in [2.75, 3.05) is 5.32 Å². The first-order valence-electron chi connectivity index (χ1n) is 5.32. The van der Waals surface area contributed by atoms with Crippen LogP contribution in [0.25, 0.3) is 11.3 Å². The van der Waals surface area contributed by atoms with E-state index in [1.165, 1.54) is 11.3 Å². The quantitative estimate of drug-likeness (QED) is 0.795. The molecule has 0 fully saturated rings. The fraction of sp³-hybridized carbons (Fsp3) is 0. The van der Waals surface area contributed by atoms with Crippen LogP contribution in [0, 0.1) is 0 Å². The van der Waals surface area contributed by atoms with Crippen LogP contribution in [0.15, 0.2) is 48.4 Å². The molecule has 0 radical (unpaired) electrons. The lowest BCUT2D eigenvalue weighted by Crippen LogP contribution is -1.94. The van der Waals surface area contributed by atoms with Gasteiger partial charge in [0.1, 0.15) is 0 Å². The summed E-state index contributed by atoms with van der Waals surface area (Å²) in [5, 5.41) is 5.80. The lowest BCUT2D eigenvalue weighted by atomic mass is 10.2. The molecule has 3 rings (SSSR count). The van der Waals surface area contributed by atoms with Crippen molar-refractivity contribution in [1.29, 1.82) is 0 Å². The second kappa shape index (κ2) is 6.35. The zero-order valence-electron chi connectivity index (χ0n) is 9.72. The molecule has 0 amide bonds. The Hall–Kier alpha value is -1.86. The van der Waals surface area contributed by atoms with Crippen LogP contribution in [-0.2, 0) is 0 Å². The van der Waals surface area contributed by atoms with Crippen molar-refractivity contribution < 1.29 is 0 Å². The Morgan fingerprint density at radius 2 is 1.89 bits per heavy atom. The van der Waals surface area contributed by atoms with Gasteiger partial charge in [0.25, 0.3) is 0 Å². The molecule has 1 N–H and O–H groups in total. The van der Waals surface area contributed by atoms with Gasteiger partial charge in [0, 0.05) is 35.7 Å². The van der Waals surface area contributed by atoms with Crippen LogP contribution in [0.1, 0.15) is 0 Å². The summed E-state index contributed by atoms with van der Waals surface area (Å²) in [4.78, 5) is 16.7. The van der Waals surface area contributed by atoms with Crippen LogP contribution < -0.4 is 5.32 Å². The zero-order chi connectivity index (χ0) is 12.2. The highest BCUT2D eigenvalue weighted by Gasteiger charge is 2.05. The molecule has 3 aromatic rings. The molecule has 0 atom stereocenters. The predicted octanol–water partition coefficient (Wildman–Crippen LogP) is 3.32. The van der Waals surface area contributed by atoms with E-state index >= 15 is 0 Å². The Kier molecular flexibility index (Phi) is 4.53. The average Bonchev–Trinajstić information content (AvgIpc) is 2.89. The van der Waals surface area contributed by atoms with Gasteiger partial charge in [-0.25, -0.2) is 15.0 Å². The summed E-state index contributed by atoms with van der Waals surface area (Å²) in [5.74, 6) is 0.546. The summed E-state index contributed by atoms with van der Waals surface area (Å²) < 4.78 is 0. The van der Waals surface area contributed by atoms with E-state index in [1.54, 1.807) is 30.9 Å². The monoisotopic (exact) mass is 335 g/mol. The van der Waals surface area contributed by atoms with Crippen molar-refractivity contribution in [2.45, 2.75) is 0 Å². The summed E-state index contributed by atoms with van der Waals surface area (Å²) in [6, 6.07) is 5.64.